The monoisotopic (exact) mass is 402 g/mol. The van der Waals surface area contributed by atoms with Crippen molar-refractivity contribution in [2.45, 2.75) is 57.5 Å². The zero-order chi connectivity index (χ0) is 21.0. The number of rotatable bonds is 7. The quantitative estimate of drug-likeness (QED) is 0.595. The number of nitrogens with zero attached hydrogens (tertiary/aromatic N) is 2. The smallest absolute Gasteiger partial charge is 0.138 e. The summed E-state index contributed by atoms with van der Waals surface area (Å²) in [5.41, 5.74) is 3.22. The maximum atomic E-state index is 11.3. The molecule has 0 radical (unpaired) electrons. The molecule has 0 aliphatic carbocycles. The number of aliphatic hydroxyl groups is 1. The Morgan fingerprint density at radius 3 is 2.40 bits per heavy atom. The van der Waals surface area contributed by atoms with E-state index in [0.717, 1.165) is 30.5 Å². The molecule has 1 aliphatic heterocycles. The summed E-state index contributed by atoms with van der Waals surface area (Å²) in [6.45, 7) is 5.84. The highest BCUT2D eigenvalue weighted by Crippen LogP contribution is 2.40. The van der Waals surface area contributed by atoms with Crippen LogP contribution in [-0.4, -0.2) is 26.6 Å². The number of pyridine rings is 1. The molecule has 156 valence electrons. The van der Waals surface area contributed by atoms with Crippen molar-refractivity contribution in [3.05, 3.63) is 95.8 Å². The molecule has 0 bridgehead atoms. The van der Waals surface area contributed by atoms with Gasteiger partial charge in [-0.3, -0.25) is 9.88 Å². The second kappa shape index (κ2) is 8.99. The third-order valence-electron chi connectivity index (χ3n) is 6.11. The van der Waals surface area contributed by atoms with Crippen LogP contribution in [0.2, 0.25) is 0 Å². The molecule has 1 N–H and O–H groups in total. The van der Waals surface area contributed by atoms with Gasteiger partial charge in [-0.1, -0.05) is 60.7 Å². The van der Waals surface area contributed by atoms with E-state index in [1.807, 2.05) is 42.5 Å². The van der Waals surface area contributed by atoms with E-state index in [-0.39, 0.29) is 11.6 Å². The molecule has 2 atom stereocenters. The van der Waals surface area contributed by atoms with Crippen LogP contribution in [0.4, 0.5) is 0 Å². The van der Waals surface area contributed by atoms with Crippen molar-refractivity contribution in [3.8, 4) is 5.75 Å². The summed E-state index contributed by atoms with van der Waals surface area (Å²) in [6, 6.07) is 22.5. The fraction of sp³-hybridized carbons (Fsp3) is 0.346. The summed E-state index contributed by atoms with van der Waals surface area (Å²) in [5, 5.41) is 11.3. The number of aromatic nitrogens is 1. The lowest BCUT2D eigenvalue weighted by Gasteiger charge is -2.38. The largest absolute Gasteiger partial charge is 0.487 e. The van der Waals surface area contributed by atoms with E-state index >= 15 is 0 Å². The molecule has 1 saturated heterocycles. The van der Waals surface area contributed by atoms with Gasteiger partial charge in [0.05, 0.1) is 12.3 Å². The average molecular weight is 403 g/mol. The molecule has 1 aromatic heterocycles. The van der Waals surface area contributed by atoms with Gasteiger partial charge < -0.3 is 9.84 Å². The van der Waals surface area contributed by atoms with E-state index < -0.39 is 6.10 Å². The van der Waals surface area contributed by atoms with Crippen LogP contribution in [0.15, 0.2) is 79.1 Å². The molecule has 1 fully saturated rings. The molecule has 2 heterocycles. The highest BCUT2D eigenvalue weighted by molar-refractivity contribution is 5.27. The first-order chi connectivity index (χ1) is 14.5. The molecule has 1 unspecified atom stereocenters. The first-order valence-corrected chi connectivity index (χ1v) is 10.6. The molecule has 4 rings (SSSR count). The zero-order valence-electron chi connectivity index (χ0n) is 17.7. The van der Waals surface area contributed by atoms with Crippen LogP contribution in [0.1, 0.15) is 49.5 Å². The third kappa shape index (κ3) is 4.72. The lowest BCUT2D eigenvalue weighted by atomic mass is 10.0. The number of aliphatic hydroxyl groups excluding tert-OH is 1. The molecule has 4 nitrogen and oxygen atoms in total. The van der Waals surface area contributed by atoms with E-state index in [4.69, 9.17) is 4.74 Å². The molecule has 30 heavy (non-hydrogen) atoms. The highest BCUT2D eigenvalue weighted by atomic mass is 16.5. The summed E-state index contributed by atoms with van der Waals surface area (Å²) in [6.07, 6.45) is 4.86. The number of hydrogen-bond donors (Lipinski definition) is 1. The zero-order valence-corrected chi connectivity index (χ0v) is 17.7. The Hall–Kier alpha value is -2.69. The maximum absolute atomic E-state index is 11.3. The van der Waals surface area contributed by atoms with Crippen LogP contribution in [0, 0.1) is 0 Å². The molecule has 2 aromatic carbocycles. The predicted octanol–water partition coefficient (Wildman–Crippen LogP) is 5.14. The SMILES string of the molecule is CC1(C)CC[C@H](C(O)c2cncc(OCc3ccccc3)c2)N1Cc1ccccc1. The van der Waals surface area contributed by atoms with Gasteiger partial charge in [-0.2, -0.15) is 0 Å². The minimum Gasteiger partial charge on any atom is -0.487 e. The van der Waals surface area contributed by atoms with Gasteiger partial charge in [0.1, 0.15) is 12.4 Å². The Bertz CT molecular complexity index is 944. The Kier molecular flexibility index (Phi) is 6.16. The summed E-state index contributed by atoms with van der Waals surface area (Å²) in [5.74, 6) is 0.683. The van der Waals surface area contributed by atoms with Crippen LogP contribution >= 0.6 is 0 Å². The minimum absolute atomic E-state index is 0.0380. The van der Waals surface area contributed by atoms with Crippen LogP contribution in [0.3, 0.4) is 0 Å². The first-order valence-electron chi connectivity index (χ1n) is 10.6. The number of hydrogen-bond acceptors (Lipinski definition) is 4. The van der Waals surface area contributed by atoms with Crippen LogP contribution < -0.4 is 4.74 Å². The second-order valence-electron chi connectivity index (χ2n) is 8.71. The summed E-state index contributed by atoms with van der Waals surface area (Å²) >= 11 is 0. The predicted molar refractivity (Wildman–Crippen MR) is 119 cm³/mol. The van der Waals surface area contributed by atoms with Crippen LogP contribution in [0.25, 0.3) is 0 Å². The Labute approximate surface area is 179 Å². The average Bonchev–Trinajstić information content (AvgIpc) is 3.07. The van der Waals surface area contributed by atoms with Crippen molar-refractivity contribution in [2.24, 2.45) is 0 Å². The van der Waals surface area contributed by atoms with Crippen LogP contribution in [0.5, 0.6) is 5.75 Å². The van der Waals surface area contributed by atoms with E-state index in [1.165, 1.54) is 5.56 Å². The topological polar surface area (TPSA) is 45.6 Å². The Balaban J connectivity index is 1.49. The van der Waals surface area contributed by atoms with Crippen molar-refractivity contribution in [1.82, 2.24) is 9.88 Å². The van der Waals surface area contributed by atoms with Gasteiger partial charge in [-0.25, -0.2) is 0 Å². The minimum atomic E-state index is -0.608. The van der Waals surface area contributed by atoms with E-state index in [2.05, 4.69) is 48.0 Å². The summed E-state index contributed by atoms with van der Waals surface area (Å²) in [4.78, 5) is 6.77. The molecular formula is C26H30N2O2. The van der Waals surface area contributed by atoms with Gasteiger partial charge in [-0.15, -0.1) is 0 Å². The highest BCUT2D eigenvalue weighted by Gasteiger charge is 2.42. The fourth-order valence-electron chi connectivity index (χ4n) is 4.33. The third-order valence-corrected chi connectivity index (χ3v) is 6.11. The molecule has 3 aromatic rings. The van der Waals surface area contributed by atoms with Gasteiger partial charge in [-0.05, 0) is 43.9 Å². The standard InChI is InChI=1S/C26H30N2O2/c1-26(2)14-13-24(28(26)18-20-9-5-3-6-10-20)25(29)22-15-23(17-27-16-22)30-19-21-11-7-4-8-12-21/h3-12,15-17,24-25,29H,13-14,18-19H2,1-2H3/t24-,25?/m1/s1. The van der Waals surface area contributed by atoms with E-state index in [0.29, 0.717) is 12.4 Å². The summed E-state index contributed by atoms with van der Waals surface area (Å²) in [7, 11) is 0. The van der Waals surface area contributed by atoms with E-state index in [9.17, 15) is 5.11 Å². The van der Waals surface area contributed by atoms with Crippen molar-refractivity contribution in [2.75, 3.05) is 0 Å². The molecule has 4 heteroatoms. The number of benzene rings is 2. The fourth-order valence-corrected chi connectivity index (χ4v) is 4.33. The summed E-state index contributed by atoms with van der Waals surface area (Å²) < 4.78 is 5.92. The van der Waals surface area contributed by atoms with Crippen molar-refractivity contribution in [1.29, 1.82) is 0 Å². The van der Waals surface area contributed by atoms with E-state index in [1.54, 1.807) is 12.4 Å². The van der Waals surface area contributed by atoms with Gasteiger partial charge in [0.2, 0.25) is 0 Å². The molecule has 0 amide bonds. The van der Waals surface area contributed by atoms with Gasteiger partial charge in [0.25, 0.3) is 0 Å². The van der Waals surface area contributed by atoms with Gasteiger partial charge in [0.15, 0.2) is 0 Å². The lowest BCUT2D eigenvalue weighted by Crippen LogP contribution is -2.44. The van der Waals surface area contributed by atoms with Crippen molar-refractivity contribution in [3.63, 3.8) is 0 Å². The lowest BCUT2D eigenvalue weighted by molar-refractivity contribution is 0.0273. The van der Waals surface area contributed by atoms with Crippen LogP contribution in [-0.2, 0) is 13.2 Å². The Morgan fingerprint density at radius 1 is 1.03 bits per heavy atom. The van der Waals surface area contributed by atoms with Crippen molar-refractivity contribution >= 4 is 0 Å². The Morgan fingerprint density at radius 2 is 1.70 bits per heavy atom. The molecular weight excluding hydrogens is 372 g/mol. The number of ether oxygens (including phenoxy) is 1. The molecule has 0 spiro atoms. The van der Waals surface area contributed by atoms with Crippen molar-refractivity contribution < 1.29 is 9.84 Å². The van der Waals surface area contributed by atoms with Gasteiger partial charge >= 0.3 is 0 Å². The van der Waals surface area contributed by atoms with Gasteiger partial charge in [0, 0.05) is 29.9 Å². The number of likely N-dealkylation sites (tertiary alicyclic amines) is 1. The molecule has 1 aliphatic rings. The first kappa shape index (κ1) is 20.6. The molecule has 0 saturated carbocycles. The normalized spacial score (nSPS) is 19.5. The maximum Gasteiger partial charge on any atom is 0.138 e. The second-order valence-corrected chi connectivity index (χ2v) is 8.71.